The molecule has 0 amide bonds. The first-order chi connectivity index (χ1) is 24.1. The third kappa shape index (κ3) is 7.14. The molecule has 4 heterocycles. The van der Waals surface area contributed by atoms with E-state index in [1.165, 1.54) is 28.9 Å². The van der Waals surface area contributed by atoms with Gasteiger partial charge in [-0.1, -0.05) is 6.92 Å². The van der Waals surface area contributed by atoms with Gasteiger partial charge >= 0.3 is 0 Å². The van der Waals surface area contributed by atoms with E-state index >= 15 is 0 Å². The van der Waals surface area contributed by atoms with Crippen LogP contribution in [0.15, 0.2) is 42.9 Å². The van der Waals surface area contributed by atoms with Crippen molar-refractivity contribution < 1.29 is 13.2 Å². The Balaban J connectivity index is 1.16. The average Bonchev–Trinajstić information content (AvgIpc) is 3.97. The number of benzene rings is 2. The number of anilines is 6. The molecular formula is C36H48N10O3S. The van der Waals surface area contributed by atoms with Crippen LogP contribution in [0.2, 0.25) is 0 Å². The summed E-state index contributed by atoms with van der Waals surface area (Å²) in [5.41, 5.74) is 6.28. The summed E-state index contributed by atoms with van der Waals surface area (Å²) < 4.78 is 32.7. The normalized spacial score (nSPS) is 18.0. The van der Waals surface area contributed by atoms with Gasteiger partial charge in [0, 0.05) is 88.3 Å². The van der Waals surface area contributed by atoms with Crippen LogP contribution in [0.4, 0.5) is 34.5 Å². The minimum absolute atomic E-state index is 0.337. The summed E-state index contributed by atoms with van der Waals surface area (Å²) in [4.78, 5) is 26.2. The molecule has 0 atom stereocenters. The van der Waals surface area contributed by atoms with E-state index in [0.717, 1.165) is 88.4 Å². The van der Waals surface area contributed by atoms with Gasteiger partial charge in [0.15, 0.2) is 0 Å². The van der Waals surface area contributed by atoms with E-state index < -0.39 is 10.0 Å². The topological polar surface area (TPSA) is 132 Å². The second-order valence-corrected chi connectivity index (χ2v) is 15.7. The van der Waals surface area contributed by atoms with Crippen molar-refractivity contribution in [1.29, 1.82) is 0 Å². The number of piperidine rings is 1. The molecule has 1 saturated carbocycles. The molecule has 13 nitrogen and oxygen atoms in total. The predicted molar refractivity (Wildman–Crippen MR) is 200 cm³/mol. The molecule has 7 rings (SSSR count). The second kappa shape index (κ2) is 14.2. The molecule has 2 aliphatic heterocycles. The third-order valence-corrected chi connectivity index (χ3v) is 11.6. The number of hydrogen-bond donors (Lipinski definition) is 2. The molecule has 0 unspecified atom stereocenters. The molecule has 2 aromatic carbocycles. The smallest absolute Gasteiger partial charge is 0.232 e. The fourth-order valence-electron chi connectivity index (χ4n) is 7.22. The summed E-state index contributed by atoms with van der Waals surface area (Å²) >= 11 is 0. The fraction of sp³-hybridized carbons (Fsp3) is 0.500. The number of methoxy groups -OCH3 is 1. The highest BCUT2D eigenvalue weighted by Crippen LogP contribution is 2.45. The lowest BCUT2D eigenvalue weighted by Gasteiger charge is -2.43. The lowest BCUT2D eigenvalue weighted by molar-refractivity contribution is 0.0982. The number of aromatic nitrogens is 4. The van der Waals surface area contributed by atoms with Gasteiger partial charge in [-0.05, 0) is 68.8 Å². The summed E-state index contributed by atoms with van der Waals surface area (Å²) in [6.45, 7) is 8.86. The van der Waals surface area contributed by atoms with Crippen molar-refractivity contribution in [3.63, 3.8) is 0 Å². The van der Waals surface area contributed by atoms with Crippen molar-refractivity contribution in [3.8, 4) is 5.75 Å². The highest BCUT2D eigenvalue weighted by atomic mass is 32.2. The molecule has 14 heteroatoms. The van der Waals surface area contributed by atoms with E-state index in [0.29, 0.717) is 46.1 Å². The Labute approximate surface area is 295 Å². The quantitative estimate of drug-likeness (QED) is 0.219. The molecule has 0 radical (unpaired) electrons. The monoisotopic (exact) mass is 700 g/mol. The van der Waals surface area contributed by atoms with Gasteiger partial charge in [0.05, 0.1) is 30.3 Å². The summed E-state index contributed by atoms with van der Waals surface area (Å²) in [7, 11) is 1.83. The maximum Gasteiger partial charge on any atom is 0.232 e. The molecule has 0 spiro atoms. The maximum atomic E-state index is 12.7. The minimum Gasteiger partial charge on any atom is -0.494 e. The lowest BCUT2D eigenvalue weighted by Crippen LogP contribution is -2.52. The van der Waals surface area contributed by atoms with Crippen molar-refractivity contribution in [2.24, 2.45) is 0 Å². The number of ether oxygens (including phenoxy) is 1. The molecule has 2 N–H and O–H groups in total. The van der Waals surface area contributed by atoms with Gasteiger partial charge in [0.25, 0.3) is 0 Å². The zero-order chi connectivity index (χ0) is 35.0. The Hall–Kier alpha value is -4.27. The van der Waals surface area contributed by atoms with Crippen LogP contribution < -0.4 is 24.6 Å². The molecule has 1 aliphatic carbocycles. The van der Waals surface area contributed by atoms with Crippen molar-refractivity contribution in [2.75, 3.05) is 86.6 Å². The number of sulfonamides is 1. The molecule has 0 bridgehead atoms. The molecule has 3 fully saturated rings. The predicted octanol–water partition coefficient (Wildman–Crippen LogP) is 4.97. The van der Waals surface area contributed by atoms with Gasteiger partial charge in [-0.15, -0.1) is 0 Å². The number of likely N-dealkylation sites (N-methyl/N-ethyl adjacent to an activating group) is 1. The van der Waals surface area contributed by atoms with E-state index in [2.05, 4.69) is 61.4 Å². The Morgan fingerprint density at radius 3 is 2.36 bits per heavy atom. The highest BCUT2D eigenvalue weighted by Gasteiger charge is 2.30. The largest absolute Gasteiger partial charge is 0.494 e. The average molecular weight is 701 g/mol. The number of rotatable bonds is 11. The maximum absolute atomic E-state index is 12.7. The summed E-state index contributed by atoms with van der Waals surface area (Å²) in [5, 5.41) is 6.90. The fourth-order valence-corrected chi connectivity index (χ4v) is 7.73. The van der Waals surface area contributed by atoms with Gasteiger partial charge < -0.3 is 25.2 Å². The van der Waals surface area contributed by atoms with Gasteiger partial charge in [-0.2, -0.15) is 4.98 Å². The molecular weight excluding hydrogens is 653 g/mol. The molecule has 3 aliphatic rings. The number of piperazine rings is 1. The number of hydrogen-bond acceptors (Lipinski definition) is 12. The van der Waals surface area contributed by atoms with Gasteiger partial charge in [-0.3, -0.25) is 19.2 Å². The third-order valence-electron chi connectivity index (χ3n) is 10.4. The van der Waals surface area contributed by atoms with Gasteiger partial charge in [0.2, 0.25) is 16.0 Å². The summed E-state index contributed by atoms with van der Waals surface area (Å²) in [5.74, 6) is 2.10. The van der Waals surface area contributed by atoms with Crippen molar-refractivity contribution >= 4 is 55.6 Å². The minimum atomic E-state index is -3.60. The van der Waals surface area contributed by atoms with E-state index in [4.69, 9.17) is 14.7 Å². The lowest BCUT2D eigenvalue weighted by atomic mass is 9.99. The molecule has 2 aromatic heterocycles. The first kappa shape index (κ1) is 34.2. The highest BCUT2D eigenvalue weighted by molar-refractivity contribution is 7.92. The number of fused-ring (bicyclic) bond motifs is 1. The standard InChI is InChI=1S/C36H48N10O3S/c1-6-24-21-30(32(49-4)22-31(24)46-15-11-26(12-16-46)45-19-17-43(2)18-20-45)41-36-39-23-27(25-7-8-25)35(42-36)40-29-10-9-28-33(38-14-13-37-28)34(29)44(3)50(5,47)48/h9-10,13-14,21-23,25-26H,6-8,11-12,15-20H2,1-5H3,(H2,39,40,41,42). The van der Waals surface area contributed by atoms with Gasteiger partial charge in [-0.25, -0.2) is 13.4 Å². The first-order valence-corrected chi connectivity index (χ1v) is 19.4. The van der Waals surface area contributed by atoms with Crippen LogP contribution >= 0.6 is 0 Å². The van der Waals surface area contributed by atoms with Crippen LogP contribution in [-0.4, -0.2) is 111 Å². The van der Waals surface area contributed by atoms with Crippen LogP contribution in [-0.2, 0) is 16.4 Å². The SMILES string of the molecule is CCc1cc(Nc2ncc(C3CC3)c(Nc3ccc4nccnc4c3N(C)S(C)(=O)=O)n2)c(OC)cc1N1CCC(N2CCN(C)CC2)CC1. The second-order valence-electron chi connectivity index (χ2n) is 13.7. The molecule has 50 heavy (non-hydrogen) atoms. The summed E-state index contributed by atoms with van der Waals surface area (Å²) in [6, 6.07) is 8.61. The van der Waals surface area contributed by atoms with E-state index in [1.54, 1.807) is 19.5 Å². The Morgan fingerprint density at radius 2 is 1.68 bits per heavy atom. The molecule has 2 saturated heterocycles. The number of aryl methyl sites for hydroxylation is 1. The van der Waals surface area contributed by atoms with Crippen LogP contribution in [0.25, 0.3) is 11.0 Å². The molecule has 4 aromatic rings. The summed E-state index contributed by atoms with van der Waals surface area (Å²) in [6.07, 6.45) is 11.5. The van der Waals surface area contributed by atoms with E-state index in [9.17, 15) is 8.42 Å². The van der Waals surface area contributed by atoms with Crippen molar-refractivity contribution in [3.05, 3.63) is 54.0 Å². The number of nitrogens with one attached hydrogen (secondary N) is 2. The Kier molecular flexibility index (Phi) is 9.68. The van der Waals surface area contributed by atoms with Crippen LogP contribution in [0.5, 0.6) is 5.75 Å². The molecule has 266 valence electrons. The zero-order valence-corrected chi connectivity index (χ0v) is 30.5. The van der Waals surface area contributed by atoms with Gasteiger partial charge in [0.1, 0.15) is 22.8 Å². The van der Waals surface area contributed by atoms with Crippen LogP contribution in [0, 0.1) is 0 Å². The Bertz CT molecular complexity index is 1960. The first-order valence-electron chi connectivity index (χ1n) is 17.6. The van der Waals surface area contributed by atoms with E-state index in [1.807, 2.05) is 18.3 Å². The zero-order valence-electron chi connectivity index (χ0n) is 29.7. The van der Waals surface area contributed by atoms with E-state index in [-0.39, 0.29) is 0 Å². The Morgan fingerprint density at radius 1 is 0.940 bits per heavy atom. The van der Waals surface area contributed by atoms with Crippen LogP contribution in [0.3, 0.4) is 0 Å². The van der Waals surface area contributed by atoms with Crippen LogP contribution in [0.1, 0.15) is 49.7 Å². The van der Waals surface area contributed by atoms with Crippen molar-refractivity contribution in [2.45, 2.75) is 51.0 Å². The number of nitrogens with zero attached hydrogens (tertiary/aromatic N) is 8. The van der Waals surface area contributed by atoms with Crippen molar-refractivity contribution in [1.82, 2.24) is 29.7 Å².